The van der Waals surface area contributed by atoms with Crippen LogP contribution in [0.5, 0.6) is 0 Å². The number of imide groups is 1. The van der Waals surface area contributed by atoms with Crippen molar-refractivity contribution in [1.82, 2.24) is 0 Å². The molecule has 9 heteroatoms. The molecular formula is C19H15ClN2O5S. The van der Waals surface area contributed by atoms with Crippen LogP contribution in [0.3, 0.4) is 0 Å². The van der Waals surface area contributed by atoms with Gasteiger partial charge < -0.3 is 9.57 Å². The number of methoxy groups -OCH3 is 1. The van der Waals surface area contributed by atoms with Crippen molar-refractivity contribution in [3.05, 3.63) is 50.9 Å². The van der Waals surface area contributed by atoms with E-state index in [-0.39, 0.29) is 10.6 Å². The molecule has 0 aliphatic carbocycles. The molecule has 0 spiro atoms. The van der Waals surface area contributed by atoms with Gasteiger partial charge in [-0.15, -0.1) is 11.3 Å². The first-order valence-electron chi connectivity index (χ1n) is 8.41. The van der Waals surface area contributed by atoms with Gasteiger partial charge in [0.25, 0.3) is 5.91 Å². The number of benzene rings is 1. The van der Waals surface area contributed by atoms with Crippen molar-refractivity contribution >= 4 is 51.4 Å². The van der Waals surface area contributed by atoms with Crippen LogP contribution < -0.4 is 4.90 Å². The SMILES string of the molecule is COC(=O)c1c(N2C(=O)[C@H]3C(c4ccccc4Cl)=NO[C@@H]3C2=O)sc(C)c1C. The number of halogens is 1. The summed E-state index contributed by atoms with van der Waals surface area (Å²) >= 11 is 7.43. The fourth-order valence-electron chi connectivity index (χ4n) is 3.38. The van der Waals surface area contributed by atoms with Crippen LogP contribution in [0.4, 0.5) is 5.00 Å². The second kappa shape index (κ2) is 6.72. The Bertz CT molecular complexity index is 1060. The highest BCUT2D eigenvalue weighted by atomic mass is 35.5. The van der Waals surface area contributed by atoms with E-state index >= 15 is 0 Å². The highest BCUT2D eigenvalue weighted by Crippen LogP contribution is 2.42. The van der Waals surface area contributed by atoms with Crippen molar-refractivity contribution in [3.63, 3.8) is 0 Å². The first-order valence-corrected chi connectivity index (χ1v) is 9.61. The zero-order chi connectivity index (χ0) is 20.2. The Hall–Kier alpha value is -2.71. The number of hydrogen-bond acceptors (Lipinski definition) is 7. The number of thiophene rings is 1. The molecule has 0 radical (unpaired) electrons. The Labute approximate surface area is 169 Å². The van der Waals surface area contributed by atoms with Gasteiger partial charge in [0.15, 0.2) is 0 Å². The minimum absolute atomic E-state index is 0.211. The third kappa shape index (κ3) is 2.56. The lowest BCUT2D eigenvalue weighted by molar-refractivity contribution is -0.126. The second-order valence-electron chi connectivity index (χ2n) is 6.43. The predicted molar refractivity (Wildman–Crippen MR) is 104 cm³/mol. The van der Waals surface area contributed by atoms with E-state index < -0.39 is 29.8 Å². The first-order chi connectivity index (χ1) is 13.4. The van der Waals surface area contributed by atoms with Crippen LogP contribution in [-0.4, -0.2) is 36.7 Å². The minimum atomic E-state index is -1.08. The molecule has 0 N–H and O–H groups in total. The molecule has 144 valence electrons. The van der Waals surface area contributed by atoms with Crippen LogP contribution in [0.2, 0.25) is 5.02 Å². The molecule has 2 atom stereocenters. The van der Waals surface area contributed by atoms with Crippen molar-refractivity contribution in [1.29, 1.82) is 0 Å². The van der Waals surface area contributed by atoms with Gasteiger partial charge in [0.1, 0.15) is 16.6 Å². The molecule has 0 bridgehead atoms. The second-order valence-corrected chi connectivity index (χ2v) is 8.04. The highest BCUT2D eigenvalue weighted by Gasteiger charge is 2.57. The van der Waals surface area contributed by atoms with Gasteiger partial charge >= 0.3 is 5.97 Å². The van der Waals surface area contributed by atoms with Gasteiger partial charge in [0.05, 0.1) is 12.7 Å². The van der Waals surface area contributed by atoms with Gasteiger partial charge in [-0.3, -0.25) is 9.59 Å². The van der Waals surface area contributed by atoms with E-state index in [0.717, 1.165) is 9.78 Å². The molecule has 3 heterocycles. The fourth-order valence-corrected chi connectivity index (χ4v) is 4.77. The van der Waals surface area contributed by atoms with Gasteiger partial charge in [0.2, 0.25) is 12.0 Å². The van der Waals surface area contributed by atoms with Crippen LogP contribution in [0.1, 0.15) is 26.4 Å². The van der Waals surface area contributed by atoms with E-state index in [2.05, 4.69) is 5.16 Å². The number of rotatable bonds is 3. The highest BCUT2D eigenvalue weighted by molar-refractivity contribution is 7.17. The zero-order valence-corrected chi connectivity index (χ0v) is 16.8. The lowest BCUT2D eigenvalue weighted by atomic mass is 9.94. The summed E-state index contributed by atoms with van der Waals surface area (Å²) in [6.07, 6.45) is -1.08. The summed E-state index contributed by atoms with van der Waals surface area (Å²) in [7, 11) is 1.26. The number of carbonyl (C=O) groups excluding carboxylic acids is 3. The number of oxime groups is 1. The topological polar surface area (TPSA) is 85.3 Å². The predicted octanol–water partition coefficient (Wildman–Crippen LogP) is 3.10. The smallest absolute Gasteiger partial charge is 0.341 e. The van der Waals surface area contributed by atoms with Crippen molar-refractivity contribution < 1.29 is 24.0 Å². The largest absolute Gasteiger partial charge is 0.465 e. The van der Waals surface area contributed by atoms with E-state index in [1.165, 1.54) is 18.4 Å². The molecule has 1 saturated heterocycles. The van der Waals surface area contributed by atoms with Crippen LogP contribution in [0.15, 0.2) is 29.4 Å². The number of anilines is 1. The molecule has 1 aromatic carbocycles. The summed E-state index contributed by atoms with van der Waals surface area (Å²) < 4.78 is 4.85. The normalized spacial score (nSPS) is 20.9. The van der Waals surface area contributed by atoms with Crippen LogP contribution in [0.25, 0.3) is 0 Å². The number of amides is 2. The molecular weight excluding hydrogens is 404 g/mol. The van der Waals surface area contributed by atoms with E-state index in [1.54, 1.807) is 31.2 Å². The summed E-state index contributed by atoms with van der Waals surface area (Å²) in [4.78, 5) is 45.6. The molecule has 2 aliphatic rings. The van der Waals surface area contributed by atoms with E-state index in [4.69, 9.17) is 21.2 Å². The summed E-state index contributed by atoms with van der Waals surface area (Å²) in [6.45, 7) is 3.56. The van der Waals surface area contributed by atoms with Gasteiger partial charge in [-0.25, -0.2) is 9.69 Å². The number of aryl methyl sites for hydroxylation is 1. The van der Waals surface area contributed by atoms with Crippen LogP contribution in [-0.2, 0) is 19.2 Å². The van der Waals surface area contributed by atoms with Crippen molar-refractivity contribution in [2.75, 3.05) is 12.0 Å². The average molecular weight is 419 g/mol. The standard InChI is InChI=1S/C19H15ClN2O5S/c1-8-9(2)28-18(12(8)19(25)26-3)22-16(23)13-14(21-27-15(13)17(22)24)10-6-4-5-7-11(10)20/h4-7,13,15H,1-3H3/t13-,15-/m0/s1. The molecule has 1 fully saturated rings. The number of carbonyl (C=O) groups is 3. The van der Waals surface area contributed by atoms with Gasteiger partial charge in [-0.05, 0) is 25.5 Å². The molecule has 1 aromatic heterocycles. The average Bonchev–Trinajstić information content (AvgIpc) is 3.30. The molecule has 28 heavy (non-hydrogen) atoms. The van der Waals surface area contributed by atoms with Gasteiger partial charge in [-0.1, -0.05) is 35.0 Å². The third-order valence-electron chi connectivity index (χ3n) is 4.92. The Balaban J connectivity index is 1.78. The van der Waals surface area contributed by atoms with E-state index in [9.17, 15) is 14.4 Å². The summed E-state index contributed by atoms with van der Waals surface area (Å²) in [6, 6.07) is 6.91. The minimum Gasteiger partial charge on any atom is -0.465 e. The maximum absolute atomic E-state index is 13.2. The molecule has 2 amide bonds. The third-order valence-corrected chi connectivity index (χ3v) is 6.44. The molecule has 0 unspecified atom stereocenters. The monoisotopic (exact) mass is 418 g/mol. The quantitative estimate of drug-likeness (QED) is 0.564. The molecule has 4 rings (SSSR count). The summed E-state index contributed by atoms with van der Waals surface area (Å²) in [5, 5.41) is 4.60. The van der Waals surface area contributed by atoms with Crippen molar-refractivity contribution in [2.24, 2.45) is 11.1 Å². The summed E-state index contributed by atoms with van der Waals surface area (Å²) in [5.41, 5.74) is 1.72. The lowest BCUT2D eigenvalue weighted by Crippen LogP contribution is -2.33. The Morgan fingerprint density at radius 2 is 1.96 bits per heavy atom. The Morgan fingerprint density at radius 1 is 1.25 bits per heavy atom. The van der Waals surface area contributed by atoms with Gasteiger partial charge in [-0.2, -0.15) is 0 Å². The molecule has 2 aliphatic heterocycles. The Morgan fingerprint density at radius 3 is 2.64 bits per heavy atom. The Kier molecular flexibility index (Phi) is 4.47. The van der Waals surface area contributed by atoms with E-state index in [0.29, 0.717) is 21.9 Å². The number of hydrogen-bond donors (Lipinski definition) is 0. The molecule has 7 nitrogen and oxygen atoms in total. The zero-order valence-electron chi connectivity index (χ0n) is 15.2. The fraction of sp³-hybridized carbons (Fsp3) is 0.263. The van der Waals surface area contributed by atoms with E-state index in [1.807, 2.05) is 6.92 Å². The number of fused-ring (bicyclic) bond motifs is 1. The van der Waals surface area contributed by atoms with Crippen molar-refractivity contribution in [3.8, 4) is 0 Å². The number of esters is 1. The van der Waals surface area contributed by atoms with Crippen molar-refractivity contribution in [2.45, 2.75) is 20.0 Å². The first kappa shape index (κ1) is 18.6. The molecule has 0 saturated carbocycles. The lowest BCUT2D eigenvalue weighted by Gasteiger charge is -2.15. The number of nitrogens with zero attached hydrogens (tertiary/aromatic N) is 2. The maximum atomic E-state index is 13.2. The van der Waals surface area contributed by atoms with Gasteiger partial charge in [0, 0.05) is 15.5 Å². The summed E-state index contributed by atoms with van der Waals surface area (Å²) in [5.74, 6) is -2.58. The van der Waals surface area contributed by atoms with Crippen LogP contribution >= 0.6 is 22.9 Å². The molecule has 2 aromatic rings. The maximum Gasteiger partial charge on any atom is 0.341 e. The number of ether oxygens (including phenoxy) is 1. The van der Waals surface area contributed by atoms with Crippen LogP contribution in [0, 0.1) is 19.8 Å².